The second-order valence-electron chi connectivity index (χ2n) is 4.81. The lowest BCUT2D eigenvalue weighted by atomic mass is 10.1. The molecule has 0 amide bonds. The van der Waals surface area contributed by atoms with Gasteiger partial charge in [-0.3, -0.25) is 0 Å². The first-order valence-electron chi connectivity index (χ1n) is 6.96. The molecule has 1 unspecified atom stereocenters. The van der Waals surface area contributed by atoms with Gasteiger partial charge in [-0.15, -0.1) is 0 Å². The van der Waals surface area contributed by atoms with Crippen molar-refractivity contribution < 1.29 is 13.9 Å². The van der Waals surface area contributed by atoms with Crippen molar-refractivity contribution in [1.82, 2.24) is 0 Å². The lowest BCUT2D eigenvalue weighted by molar-refractivity contribution is -0.0448. The molecule has 1 aliphatic heterocycles. The highest BCUT2D eigenvalue weighted by Gasteiger charge is 2.14. The van der Waals surface area contributed by atoms with Gasteiger partial charge in [0.25, 0.3) is 0 Å². The monoisotopic (exact) mass is 277 g/mol. The summed E-state index contributed by atoms with van der Waals surface area (Å²) >= 11 is 0. The standard InChI is InChI=1S/C16H20FNO2/c17-15-7-6-14(13(10-15)4-3-8-18)11-19-12-16-5-1-2-9-20-16/h6-7,10,16H,1-2,5,8-9,11-12,18H2. The Kier molecular flexibility index (Phi) is 6.00. The van der Waals surface area contributed by atoms with E-state index in [0.29, 0.717) is 18.8 Å². The summed E-state index contributed by atoms with van der Waals surface area (Å²) < 4.78 is 24.5. The van der Waals surface area contributed by atoms with E-state index in [-0.39, 0.29) is 18.5 Å². The predicted octanol–water partition coefficient (Wildman–Crippen LogP) is 2.22. The molecule has 1 aromatic rings. The maximum atomic E-state index is 13.2. The van der Waals surface area contributed by atoms with E-state index in [1.54, 1.807) is 6.07 Å². The second-order valence-corrected chi connectivity index (χ2v) is 4.81. The molecule has 0 saturated carbocycles. The first-order chi connectivity index (χ1) is 9.79. The Morgan fingerprint density at radius 3 is 3.05 bits per heavy atom. The SMILES string of the molecule is NCC#Cc1cc(F)ccc1COCC1CCCCO1. The van der Waals surface area contributed by atoms with Crippen LogP contribution in [0, 0.1) is 17.7 Å². The van der Waals surface area contributed by atoms with Crippen molar-refractivity contribution in [2.75, 3.05) is 19.8 Å². The van der Waals surface area contributed by atoms with Gasteiger partial charge in [0.15, 0.2) is 0 Å². The molecule has 0 spiro atoms. The van der Waals surface area contributed by atoms with Gasteiger partial charge in [0.2, 0.25) is 0 Å². The van der Waals surface area contributed by atoms with Gasteiger partial charge in [-0.25, -0.2) is 4.39 Å². The van der Waals surface area contributed by atoms with Crippen LogP contribution in [-0.2, 0) is 16.1 Å². The summed E-state index contributed by atoms with van der Waals surface area (Å²) in [6.45, 7) is 2.06. The summed E-state index contributed by atoms with van der Waals surface area (Å²) in [6.07, 6.45) is 3.55. The quantitative estimate of drug-likeness (QED) is 0.858. The van der Waals surface area contributed by atoms with Gasteiger partial charge in [-0.2, -0.15) is 0 Å². The van der Waals surface area contributed by atoms with Crippen LogP contribution in [0.25, 0.3) is 0 Å². The van der Waals surface area contributed by atoms with Crippen LogP contribution in [-0.4, -0.2) is 25.9 Å². The van der Waals surface area contributed by atoms with Crippen molar-refractivity contribution in [2.45, 2.75) is 32.0 Å². The Bertz CT molecular complexity index is 487. The van der Waals surface area contributed by atoms with Crippen LogP contribution in [0.15, 0.2) is 18.2 Å². The lowest BCUT2D eigenvalue weighted by Crippen LogP contribution is -2.24. The maximum Gasteiger partial charge on any atom is 0.124 e. The fourth-order valence-electron chi connectivity index (χ4n) is 2.18. The van der Waals surface area contributed by atoms with E-state index in [1.165, 1.54) is 18.6 Å². The number of ether oxygens (including phenoxy) is 2. The third-order valence-corrected chi connectivity index (χ3v) is 3.23. The van der Waals surface area contributed by atoms with Crippen LogP contribution in [0.2, 0.25) is 0 Å². The smallest absolute Gasteiger partial charge is 0.124 e. The number of hydrogen-bond acceptors (Lipinski definition) is 3. The van der Waals surface area contributed by atoms with Gasteiger partial charge in [0.1, 0.15) is 5.82 Å². The fourth-order valence-corrected chi connectivity index (χ4v) is 2.18. The molecule has 0 aliphatic carbocycles. The summed E-state index contributed by atoms with van der Waals surface area (Å²) in [5.41, 5.74) is 6.86. The minimum atomic E-state index is -0.300. The molecule has 1 aliphatic rings. The highest BCUT2D eigenvalue weighted by Crippen LogP contribution is 2.15. The Hall–Kier alpha value is -1.41. The van der Waals surface area contributed by atoms with Gasteiger partial charge in [-0.1, -0.05) is 17.9 Å². The van der Waals surface area contributed by atoms with E-state index >= 15 is 0 Å². The van der Waals surface area contributed by atoms with E-state index in [4.69, 9.17) is 15.2 Å². The van der Waals surface area contributed by atoms with Crippen LogP contribution >= 0.6 is 0 Å². The molecule has 20 heavy (non-hydrogen) atoms. The molecule has 2 rings (SSSR count). The highest BCUT2D eigenvalue weighted by atomic mass is 19.1. The first kappa shape index (κ1) is 15.0. The lowest BCUT2D eigenvalue weighted by Gasteiger charge is -2.22. The molecule has 0 radical (unpaired) electrons. The largest absolute Gasteiger partial charge is 0.376 e. The first-order valence-corrected chi connectivity index (χ1v) is 6.96. The minimum absolute atomic E-state index is 0.183. The molecule has 1 aromatic carbocycles. The number of benzene rings is 1. The zero-order valence-electron chi connectivity index (χ0n) is 11.5. The van der Waals surface area contributed by atoms with Gasteiger partial charge in [-0.05, 0) is 37.0 Å². The van der Waals surface area contributed by atoms with E-state index in [1.807, 2.05) is 0 Å². The Balaban J connectivity index is 1.91. The average molecular weight is 277 g/mol. The normalized spacial score (nSPS) is 18.4. The molecule has 1 saturated heterocycles. The van der Waals surface area contributed by atoms with Crippen molar-refractivity contribution in [3.8, 4) is 11.8 Å². The molecular weight excluding hydrogens is 257 g/mol. The van der Waals surface area contributed by atoms with E-state index < -0.39 is 0 Å². The number of nitrogens with two attached hydrogens (primary N) is 1. The van der Waals surface area contributed by atoms with Crippen LogP contribution in [0.3, 0.4) is 0 Å². The molecule has 1 heterocycles. The topological polar surface area (TPSA) is 44.5 Å². The zero-order valence-corrected chi connectivity index (χ0v) is 11.5. The predicted molar refractivity (Wildman–Crippen MR) is 75.6 cm³/mol. The Morgan fingerprint density at radius 2 is 2.30 bits per heavy atom. The van der Waals surface area contributed by atoms with Gasteiger partial charge >= 0.3 is 0 Å². The van der Waals surface area contributed by atoms with Gasteiger partial charge in [0.05, 0.1) is 25.9 Å². The van der Waals surface area contributed by atoms with Crippen molar-refractivity contribution in [3.63, 3.8) is 0 Å². The number of halogens is 1. The molecule has 0 aromatic heterocycles. The van der Waals surface area contributed by atoms with Gasteiger partial charge in [0, 0.05) is 12.2 Å². The van der Waals surface area contributed by atoms with E-state index in [0.717, 1.165) is 25.0 Å². The molecule has 1 fully saturated rings. The molecule has 108 valence electrons. The molecule has 4 heteroatoms. The highest BCUT2D eigenvalue weighted by molar-refractivity contribution is 5.41. The maximum absolute atomic E-state index is 13.2. The van der Waals surface area contributed by atoms with Crippen molar-refractivity contribution >= 4 is 0 Å². The molecule has 0 bridgehead atoms. The summed E-state index contributed by atoms with van der Waals surface area (Å²) in [6, 6.07) is 4.54. The summed E-state index contributed by atoms with van der Waals surface area (Å²) in [5.74, 6) is 5.32. The minimum Gasteiger partial charge on any atom is -0.376 e. The van der Waals surface area contributed by atoms with Crippen molar-refractivity contribution in [1.29, 1.82) is 0 Å². The second kappa shape index (κ2) is 8.01. The van der Waals surface area contributed by atoms with Crippen LogP contribution < -0.4 is 5.73 Å². The molecule has 3 nitrogen and oxygen atoms in total. The molecule has 1 atom stereocenters. The number of rotatable bonds is 4. The summed E-state index contributed by atoms with van der Waals surface area (Å²) in [4.78, 5) is 0. The number of hydrogen-bond donors (Lipinski definition) is 1. The van der Waals surface area contributed by atoms with Crippen LogP contribution in [0.4, 0.5) is 4.39 Å². The molecule has 2 N–H and O–H groups in total. The Labute approximate surface area is 119 Å². The average Bonchev–Trinajstić information content (AvgIpc) is 2.48. The Morgan fingerprint density at radius 1 is 1.40 bits per heavy atom. The van der Waals surface area contributed by atoms with Crippen molar-refractivity contribution in [2.24, 2.45) is 5.73 Å². The summed E-state index contributed by atoms with van der Waals surface area (Å²) in [7, 11) is 0. The van der Waals surface area contributed by atoms with Crippen LogP contribution in [0.5, 0.6) is 0 Å². The fraction of sp³-hybridized carbons (Fsp3) is 0.500. The van der Waals surface area contributed by atoms with Crippen LogP contribution in [0.1, 0.15) is 30.4 Å². The van der Waals surface area contributed by atoms with Crippen molar-refractivity contribution in [3.05, 3.63) is 35.1 Å². The molecular formula is C16H20FNO2. The van der Waals surface area contributed by atoms with E-state index in [2.05, 4.69) is 11.8 Å². The zero-order chi connectivity index (χ0) is 14.2. The van der Waals surface area contributed by atoms with E-state index in [9.17, 15) is 4.39 Å². The van der Waals surface area contributed by atoms with Gasteiger partial charge < -0.3 is 15.2 Å². The summed E-state index contributed by atoms with van der Waals surface area (Å²) in [5, 5.41) is 0. The third kappa shape index (κ3) is 4.61. The third-order valence-electron chi connectivity index (χ3n) is 3.23.